The number of hydrogen-bond acceptors (Lipinski definition) is 6. The zero-order valence-electron chi connectivity index (χ0n) is 18.5. The maximum absolute atomic E-state index is 13.6. The van der Waals surface area contributed by atoms with Crippen molar-refractivity contribution in [2.45, 2.75) is 25.8 Å². The Balaban J connectivity index is 1.64. The number of anilines is 3. The molecule has 1 aromatic heterocycles. The van der Waals surface area contributed by atoms with E-state index in [1.807, 2.05) is 12.1 Å². The average Bonchev–Trinajstić information content (AvgIpc) is 2.81. The molecule has 1 aliphatic heterocycles. The molecule has 0 aliphatic carbocycles. The highest BCUT2D eigenvalue weighted by molar-refractivity contribution is 6.31. The van der Waals surface area contributed by atoms with Gasteiger partial charge in [0.2, 0.25) is 5.91 Å². The second kappa shape index (κ2) is 9.62. The smallest absolute Gasteiger partial charge is 0.245 e. The third kappa shape index (κ3) is 5.01. The van der Waals surface area contributed by atoms with Crippen molar-refractivity contribution in [1.82, 2.24) is 14.9 Å². The van der Waals surface area contributed by atoms with E-state index in [-0.39, 0.29) is 17.0 Å². The van der Waals surface area contributed by atoms with Crippen molar-refractivity contribution in [2.24, 2.45) is 0 Å². The van der Waals surface area contributed by atoms with Gasteiger partial charge >= 0.3 is 0 Å². The molecule has 0 spiro atoms. The highest BCUT2D eigenvalue weighted by Gasteiger charge is 2.22. The number of ether oxygens (including phenoxy) is 1. The molecule has 1 fully saturated rings. The fourth-order valence-corrected chi connectivity index (χ4v) is 4.13. The largest absolute Gasteiger partial charge is 0.495 e. The number of carbonyl (C=O) groups is 1. The molecule has 9 heteroatoms. The van der Waals surface area contributed by atoms with Crippen LogP contribution in [-0.4, -0.2) is 47.0 Å². The van der Waals surface area contributed by atoms with Gasteiger partial charge in [0.05, 0.1) is 23.3 Å². The van der Waals surface area contributed by atoms with E-state index in [2.05, 4.69) is 27.2 Å². The molecule has 3 aromatic rings. The SMILES string of the molecule is C=CC(=O)N1CCC(Nc2cc3c(Nc4ccc(F)c(Cl)c4)nc(C)nc3cc2OC)CC1. The summed E-state index contributed by atoms with van der Waals surface area (Å²) in [6.07, 6.45) is 2.97. The van der Waals surface area contributed by atoms with Gasteiger partial charge in [-0.1, -0.05) is 18.2 Å². The average molecular weight is 470 g/mol. The van der Waals surface area contributed by atoms with Crippen LogP contribution in [0, 0.1) is 12.7 Å². The van der Waals surface area contributed by atoms with E-state index >= 15 is 0 Å². The number of benzene rings is 2. The van der Waals surface area contributed by atoms with Gasteiger partial charge in [0.1, 0.15) is 23.2 Å². The van der Waals surface area contributed by atoms with E-state index in [0.717, 1.165) is 23.9 Å². The van der Waals surface area contributed by atoms with Crippen LogP contribution in [0.15, 0.2) is 43.0 Å². The Morgan fingerprint density at radius 2 is 2.03 bits per heavy atom. The van der Waals surface area contributed by atoms with Gasteiger partial charge in [-0.05, 0) is 50.1 Å². The molecular formula is C24H25ClFN5O2. The molecule has 0 saturated carbocycles. The third-order valence-corrected chi connectivity index (χ3v) is 5.94. The first-order chi connectivity index (χ1) is 15.9. The molecule has 0 radical (unpaired) electrons. The molecule has 0 unspecified atom stereocenters. The van der Waals surface area contributed by atoms with Gasteiger partial charge in [0.25, 0.3) is 0 Å². The number of piperidine rings is 1. The minimum absolute atomic E-state index is 0.0281. The van der Waals surface area contributed by atoms with Crippen molar-refractivity contribution in [3.8, 4) is 5.75 Å². The highest BCUT2D eigenvalue weighted by Crippen LogP contribution is 2.35. The fourth-order valence-electron chi connectivity index (χ4n) is 3.95. The Kier molecular flexibility index (Phi) is 6.65. The van der Waals surface area contributed by atoms with Gasteiger partial charge in [0, 0.05) is 36.3 Å². The first-order valence-electron chi connectivity index (χ1n) is 10.6. The molecular weight excluding hydrogens is 445 g/mol. The van der Waals surface area contributed by atoms with E-state index in [4.69, 9.17) is 16.3 Å². The van der Waals surface area contributed by atoms with E-state index in [1.165, 1.54) is 18.2 Å². The van der Waals surface area contributed by atoms with Gasteiger partial charge in [-0.2, -0.15) is 0 Å². The van der Waals surface area contributed by atoms with Crippen LogP contribution in [0.4, 0.5) is 21.6 Å². The van der Waals surface area contributed by atoms with Crippen molar-refractivity contribution in [2.75, 3.05) is 30.8 Å². The lowest BCUT2D eigenvalue weighted by atomic mass is 10.0. The van der Waals surface area contributed by atoms with E-state index < -0.39 is 5.82 Å². The van der Waals surface area contributed by atoms with Crippen LogP contribution in [0.1, 0.15) is 18.7 Å². The lowest BCUT2D eigenvalue weighted by Crippen LogP contribution is -2.41. The van der Waals surface area contributed by atoms with Crippen molar-refractivity contribution in [3.05, 3.63) is 59.7 Å². The minimum atomic E-state index is -0.483. The Bertz CT molecular complexity index is 1210. The van der Waals surface area contributed by atoms with Crippen LogP contribution in [0.2, 0.25) is 5.02 Å². The summed E-state index contributed by atoms with van der Waals surface area (Å²) in [5.74, 6) is 1.31. The summed E-state index contributed by atoms with van der Waals surface area (Å²) in [7, 11) is 1.62. The van der Waals surface area contributed by atoms with E-state index in [1.54, 1.807) is 25.0 Å². The number of nitrogens with one attached hydrogen (secondary N) is 2. The molecule has 33 heavy (non-hydrogen) atoms. The lowest BCUT2D eigenvalue weighted by molar-refractivity contribution is -0.126. The van der Waals surface area contributed by atoms with Crippen molar-refractivity contribution in [1.29, 1.82) is 0 Å². The highest BCUT2D eigenvalue weighted by atomic mass is 35.5. The van der Waals surface area contributed by atoms with E-state index in [0.29, 0.717) is 41.7 Å². The molecule has 1 saturated heterocycles. The quantitative estimate of drug-likeness (QED) is 0.490. The number of likely N-dealkylation sites (tertiary alicyclic amines) is 1. The molecule has 2 N–H and O–H groups in total. The number of carbonyl (C=O) groups excluding carboxylic acids is 1. The van der Waals surface area contributed by atoms with Gasteiger partial charge in [-0.25, -0.2) is 14.4 Å². The first-order valence-corrected chi connectivity index (χ1v) is 11.0. The van der Waals surface area contributed by atoms with E-state index in [9.17, 15) is 9.18 Å². The molecule has 1 aliphatic rings. The molecule has 2 aromatic carbocycles. The lowest BCUT2D eigenvalue weighted by Gasteiger charge is -2.32. The first kappa shape index (κ1) is 22.8. The molecule has 7 nitrogen and oxygen atoms in total. The fraction of sp³-hybridized carbons (Fsp3) is 0.292. The summed E-state index contributed by atoms with van der Waals surface area (Å²) >= 11 is 5.94. The second-order valence-corrected chi connectivity index (χ2v) is 8.30. The Morgan fingerprint density at radius 3 is 2.70 bits per heavy atom. The maximum atomic E-state index is 13.6. The number of aromatic nitrogens is 2. The summed E-state index contributed by atoms with van der Waals surface area (Å²) in [6.45, 7) is 6.70. The van der Waals surface area contributed by atoms with Crippen LogP contribution < -0.4 is 15.4 Å². The number of methoxy groups -OCH3 is 1. The third-order valence-electron chi connectivity index (χ3n) is 5.65. The number of rotatable bonds is 6. The Hall–Kier alpha value is -3.39. The van der Waals surface area contributed by atoms with Crippen LogP contribution in [0.25, 0.3) is 10.9 Å². The Morgan fingerprint density at radius 1 is 1.27 bits per heavy atom. The van der Waals surface area contributed by atoms with Crippen molar-refractivity contribution in [3.63, 3.8) is 0 Å². The number of halogens is 2. The molecule has 1 amide bonds. The number of fused-ring (bicyclic) bond motifs is 1. The number of aryl methyl sites for hydroxylation is 1. The number of hydrogen-bond donors (Lipinski definition) is 2. The topological polar surface area (TPSA) is 79.4 Å². The summed E-state index contributed by atoms with van der Waals surface area (Å²) in [4.78, 5) is 22.7. The summed E-state index contributed by atoms with van der Waals surface area (Å²) in [5.41, 5.74) is 2.14. The van der Waals surface area contributed by atoms with Gasteiger partial charge < -0.3 is 20.3 Å². The van der Waals surface area contributed by atoms with Gasteiger partial charge in [0.15, 0.2) is 0 Å². The maximum Gasteiger partial charge on any atom is 0.245 e. The summed E-state index contributed by atoms with van der Waals surface area (Å²) in [6, 6.07) is 8.42. The monoisotopic (exact) mass is 469 g/mol. The molecule has 0 atom stereocenters. The van der Waals surface area contributed by atoms with Crippen molar-refractivity contribution < 1.29 is 13.9 Å². The molecule has 0 bridgehead atoms. The van der Waals surface area contributed by atoms with Crippen LogP contribution in [-0.2, 0) is 4.79 Å². The number of amides is 1. The van der Waals surface area contributed by atoms with Crippen LogP contribution in [0.5, 0.6) is 5.75 Å². The van der Waals surface area contributed by atoms with Gasteiger partial charge in [-0.3, -0.25) is 4.79 Å². The minimum Gasteiger partial charge on any atom is -0.495 e. The molecule has 172 valence electrons. The van der Waals surface area contributed by atoms with Crippen LogP contribution >= 0.6 is 11.6 Å². The van der Waals surface area contributed by atoms with Crippen molar-refractivity contribution >= 4 is 45.6 Å². The Labute approximate surface area is 196 Å². The zero-order valence-corrected chi connectivity index (χ0v) is 19.2. The van der Waals surface area contributed by atoms with Crippen LogP contribution in [0.3, 0.4) is 0 Å². The van der Waals surface area contributed by atoms with Gasteiger partial charge in [-0.15, -0.1) is 0 Å². The molecule has 2 heterocycles. The predicted molar refractivity (Wildman–Crippen MR) is 129 cm³/mol. The second-order valence-electron chi connectivity index (χ2n) is 7.89. The number of nitrogens with zero attached hydrogens (tertiary/aromatic N) is 3. The summed E-state index contributed by atoms with van der Waals surface area (Å²) < 4.78 is 19.2. The zero-order chi connectivity index (χ0) is 23.5. The molecule has 4 rings (SSSR count). The standard InChI is InChI=1S/C24H25ClFN5O2/c1-4-23(32)31-9-7-15(8-10-31)29-21-12-17-20(13-22(21)33-3)27-14(2)28-24(17)30-16-5-6-19(26)18(25)11-16/h4-6,11-13,15,29H,1,7-10H2,2-3H3,(H,27,28,30). The summed E-state index contributed by atoms with van der Waals surface area (Å²) in [5, 5.41) is 7.58. The predicted octanol–water partition coefficient (Wildman–Crippen LogP) is 5.07. The normalized spacial score (nSPS) is 14.2.